The maximum absolute atomic E-state index is 12.4. The molecule has 0 bridgehead atoms. The molecule has 6 heteroatoms. The number of carbonyl (C=O) groups is 1. The van der Waals surface area contributed by atoms with Gasteiger partial charge in [0, 0.05) is 55.0 Å². The number of urea groups is 1. The van der Waals surface area contributed by atoms with Crippen LogP contribution in [0, 0.1) is 0 Å². The minimum Gasteiger partial charge on any atom is -0.322 e. The Morgan fingerprint density at radius 2 is 1.74 bits per heavy atom. The first-order chi connectivity index (χ1) is 13.2. The zero-order valence-corrected chi connectivity index (χ0v) is 15.7. The second-order valence-electron chi connectivity index (χ2n) is 6.69. The molecular weight excluding hydrogens is 360 g/mol. The summed E-state index contributed by atoms with van der Waals surface area (Å²) in [4.78, 5) is 21.2. The predicted molar refractivity (Wildman–Crippen MR) is 109 cm³/mol. The van der Waals surface area contributed by atoms with Gasteiger partial charge in [-0.15, -0.1) is 0 Å². The van der Waals surface area contributed by atoms with E-state index in [0.29, 0.717) is 18.1 Å². The number of hydrogen-bond donors (Lipinski definition) is 1. The van der Waals surface area contributed by atoms with E-state index in [0.717, 1.165) is 36.2 Å². The van der Waals surface area contributed by atoms with E-state index >= 15 is 0 Å². The SMILES string of the molecule is O=C(Nc1ccc(Cl)cc1)N1CCN(Cc2cccc3cccnc23)CC1. The molecule has 1 fully saturated rings. The van der Waals surface area contributed by atoms with Crippen molar-refractivity contribution in [3.63, 3.8) is 0 Å². The molecule has 3 aromatic rings. The Balaban J connectivity index is 1.34. The predicted octanol–water partition coefficient (Wildman–Crippen LogP) is 4.24. The van der Waals surface area contributed by atoms with Crippen molar-refractivity contribution in [1.29, 1.82) is 0 Å². The highest BCUT2D eigenvalue weighted by molar-refractivity contribution is 6.30. The fraction of sp³-hybridized carbons (Fsp3) is 0.238. The average molecular weight is 381 g/mol. The molecular formula is C21H21ClN4O. The second-order valence-corrected chi connectivity index (χ2v) is 7.13. The molecule has 1 aliphatic rings. The quantitative estimate of drug-likeness (QED) is 0.739. The Hall–Kier alpha value is -2.63. The topological polar surface area (TPSA) is 48.5 Å². The third-order valence-electron chi connectivity index (χ3n) is 4.87. The number of halogens is 1. The number of fused-ring (bicyclic) bond motifs is 1. The number of para-hydroxylation sites is 1. The Morgan fingerprint density at radius 1 is 1.00 bits per heavy atom. The number of nitrogens with one attached hydrogen (secondary N) is 1. The van der Waals surface area contributed by atoms with Crippen molar-refractivity contribution < 1.29 is 4.79 Å². The molecule has 138 valence electrons. The third kappa shape index (κ3) is 4.21. The molecule has 1 N–H and O–H groups in total. The molecule has 2 aromatic carbocycles. The number of piperazine rings is 1. The largest absolute Gasteiger partial charge is 0.322 e. The first kappa shape index (κ1) is 17.8. The summed E-state index contributed by atoms with van der Waals surface area (Å²) in [6.45, 7) is 3.95. The molecule has 1 aliphatic heterocycles. The van der Waals surface area contributed by atoms with E-state index in [1.807, 2.05) is 29.3 Å². The molecule has 1 saturated heterocycles. The molecule has 0 unspecified atom stereocenters. The lowest BCUT2D eigenvalue weighted by atomic mass is 10.1. The van der Waals surface area contributed by atoms with Gasteiger partial charge in [-0.2, -0.15) is 0 Å². The van der Waals surface area contributed by atoms with Crippen molar-refractivity contribution in [2.45, 2.75) is 6.54 Å². The number of carbonyl (C=O) groups excluding carboxylic acids is 1. The van der Waals surface area contributed by atoms with Crippen molar-refractivity contribution in [3.05, 3.63) is 71.4 Å². The molecule has 2 heterocycles. The lowest BCUT2D eigenvalue weighted by Crippen LogP contribution is -2.49. The van der Waals surface area contributed by atoms with Crippen LogP contribution >= 0.6 is 11.6 Å². The molecule has 4 rings (SSSR count). The summed E-state index contributed by atoms with van der Waals surface area (Å²) < 4.78 is 0. The highest BCUT2D eigenvalue weighted by atomic mass is 35.5. The van der Waals surface area contributed by atoms with Gasteiger partial charge in [-0.3, -0.25) is 9.88 Å². The van der Waals surface area contributed by atoms with Gasteiger partial charge >= 0.3 is 6.03 Å². The van der Waals surface area contributed by atoms with Crippen LogP contribution in [-0.4, -0.2) is 47.0 Å². The van der Waals surface area contributed by atoms with Gasteiger partial charge in [0.05, 0.1) is 5.52 Å². The van der Waals surface area contributed by atoms with Gasteiger partial charge in [-0.05, 0) is 35.9 Å². The minimum atomic E-state index is -0.0659. The third-order valence-corrected chi connectivity index (χ3v) is 5.12. The van der Waals surface area contributed by atoms with Crippen LogP contribution in [0.4, 0.5) is 10.5 Å². The van der Waals surface area contributed by atoms with Gasteiger partial charge in [0.1, 0.15) is 0 Å². The van der Waals surface area contributed by atoms with Crippen LogP contribution in [0.3, 0.4) is 0 Å². The minimum absolute atomic E-state index is 0.0659. The van der Waals surface area contributed by atoms with E-state index in [-0.39, 0.29) is 6.03 Å². The number of benzene rings is 2. The van der Waals surface area contributed by atoms with E-state index in [1.54, 1.807) is 12.1 Å². The fourth-order valence-electron chi connectivity index (χ4n) is 3.38. The van der Waals surface area contributed by atoms with Crippen LogP contribution in [0.2, 0.25) is 5.02 Å². The first-order valence-corrected chi connectivity index (χ1v) is 9.43. The van der Waals surface area contributed by atoms with Crippen LogP contribution in [0.1, 0.15) is 5.56 Å². The van der Waals surface area contributed by atoms with Crippen molar-refractivity contribution in [2.75, 3.05) is 31.5 Å². The lowest BCUT2D eigenvalue weighted by molar-refractivity contribution is 0.143. The number of pyridine rings is 1. The van der Waals surface area contributed by atoms with Gasteiger partial charge in [0.2, 0.25) is 0 Å². The molecule has 0 atom stereocenters. The highest BCUT2D eigenvalue weighted by Gasteiger charge is 2.21. The number of rotatable bonds is 3. The van der Waals surface area contributed by atoms with Gasteiger partial charge in [-0.1, -0.05) is 35.9 Å². The standard InChI is InChI=1S/C21H21ClN4O/c22-18-6-8-19(9-7-18)24-21(27)26-13-11-25(12-14-26)15-17-4-1-3-16-5-2-10-23-20(16)17/h1-10H,11-15H2,(H,24,27). The summed E-state index contributed by atoms with van der Waals surface area (Å²) in [6, 6.07) is 17.4. The smallest absolute Gasteiger partial charge is 0.321 e. The van der Waals surface area contributed by atoms with E-state index in [4.69, 9.17) is 11.6 Å². The summed E-state index contributed by atoms with van der Waals surface area (Å²) >= 11 is 5.88. The fourth-order valence-corrected chi connectivity index (χ4v) is 3.51. The highest BCUT2D eigenvalue weighted by Crippen LogP contribution is 2.19. The Morgan fingerprint density at radius 3 is 2.52 bits per heavy atom. The number of nitrogens with zero attached hydrogens (tertiary/aromatic N) is 3. The van der Waals surface area contributed by atoms with Crippen molar-refractivity contribution in [2.24, 2.45) is 0 Å². The van der Waals surface area contributed by atoms with Crippen LogP contribution in [0.5, 0.6) is 0 Å². The summed E-state index contributed by atoms with van der Waals surface area (Å²) in [5.41, 5.74) is 3.05. The molecule has 1 aromatic heterocycles. The molecule has 0 saturated carbocycles. The molecule has 0 spiro atoms. The van der Waals surface area contributed by atoms with Gasteiger partial charge in [0.15, 0.2) is 0 Å². The van der Waals surface area contributed by atoms with Crippen molar-refractivity contribution in [1.82, 2.24) is 14.8 Å². The number of hydrogen-bond acceptors (Lipinski definition) is 3. The molecule has 27 heavy (non-hydrogen) atoms. The maximum atomic E-state index is 12.4. The Kier molecular flexibility index (Phi) is 5.23. The summed E-state index contributed by atoms with van der Waals surface area (Å²) in [5, 5.41) is 4.75. The molecule has 5 nitrogen and oxygen atoms in total. The summed E-state index contributed by atoms with van der Waals surface area (Å²) in [5.74, 6) is 0. The molecule has 0 radical (unpaired) electrons. The zero-order valence-electron chi connectivity index (χ0n) is 14.9. The maximum Gasteiger partial charge on any atom is 0.321 e. The van der Waals surface area contributed by atoms with Crippen LogP contribution < -0.4 is 5.32 Å². The molecule has 0 aliphatic carbocycles. The number of amides is 2. The van der Waals surface area contributed by atoms with Gasteiger partial charge in [0.25, 0.3) is 0 Å². The Bertz CT molecular complexity index is 931. The second kappa shape index (κ2) is 7.94. The van der Waals surface area contributed by atoms with Crippen LogP contribution in [0.15, 0.2) is 60.8 Å². The van der Waals surface area contributed by atoms with Crippen molar-refractivity contribution >= 4 is 34.2 Å². The van der Waals surface area contributed by atoms with E-state index in [1.165, 1.54) is 5.56 Å². The van der Waals surface area contributed by atoms with E-state index in [2.05, 4.69) is 39.5 Å². The Labute approximate surface area is 163 Å². The van der Waals surface area contributed by atoms with Gasteiger partial charge in [-0.25, -0.2) is 4.79 Å². The van der Waals surface area contributed by atoms with E-state index in [9.17, 15) is 4.79 Å². The summed E-state index contributed by atoms with van der Waals surface area (Å²) in [6.07, 6.45) is 1.84. The zero-order chi connectivity index (χ0) is 18.6. The van der Waals surface area contributed by atoms with E-state index < -0.39 is 0 Å². The van der Waals surface area contributed by atoms with Crippen molar-refractivity contribution in [3.8, 4) is 0 Å². The lowest BCUT2D eigenvalue weighted by Gasteiger charge is -2.34. The average Bonchev–Trinajstić information content (AvgIpc) is 2.70. The van der Waals surface area contributed by atoms with Gasteiger partial charge < -0.3 is 10.2 Å². The van der Waals surface area contributed by atoms with Crippen LogP contribution in [0.25, 0.3) is 10.9 Å². The summed E-state index contributed by atoms with van der Waals surface area (Å²) in [7, 11) is 0. The first-order valence-electron chi connectivity index (χ1n) is 9.05. The van der Waals surface area contributed by atoms with Crippen LogP contribution in [-0.2, 0) is 6.54 Å². The number of aromatic nitrogens is 1. The molecule has 2 amide bonds. The normalized spacial score (nSPS) is 15.1. The monoisotopic (exact) mass is 380 g/mol. The number of anilines is 1.